The molecule has 262 valence electrons. The zero-order chi connectivity index (χ0) is 36.6. The van der Waals surface area contributed by atoms with Gasteiger partial charge in [-0.3, -0.25) is 0 Å². The first-order valence-electron chi connectivity index (χ1n) is 19.2. The maximum absolute atomic E-state index is 5.14. The first-order chi connectivity index (χ1) is 26.3. The van der Waals surface area contributed by atoms with Crippen LogP contribution in [0.25, 0.3) is 72.3 Å². The van der Waals surface area contributed by atoms with Crippen molar-refractivity contribution in [2.75, 3.05) is 0 Å². The zero-order valence-corrected chi connectivity index (χ0v) is 31.2. The predicted molar refractivity (Wildman–Crippen MR) is 224 cm³/mol. The van der Waals surface area contributed by atoms with E-state index in [-0.39, 0.29) is 5.41 Å². The van der Waals surface area contributed by atoms with Gasteiger partial charge >= 0.3 is 0 Å². The minimum Gasteiger partial charge on any atom is -0.309 e. The minimum absolute atomic E-state index is 0.209. The first-order valence-corrected chi connectivity index (χ1v) is 19.2. The molecule has 0 N–H and O–H groups in total. The van der Waals surface area contributed by atoms with Crippen molar-refractivity contribution in [1.82, 2.24) is 19.5 Å². The van der Waals surface area contributed by atoms with Crippen LogP contribution in [0.15, 0.2) is 146 Å². The smallest absolute Gasteiger partial charge is 0.164 e. The number of allylic oxidation sites excluding steroid dienone is 8. The molecule has 0 aliphatic heterocycles. The molecule has 2 heterocycles. The molecule has 4 nitrogen and oxygen atoms in total. The van der Waals surface area contributed by atoms with E-state index in [9.17, 15) is 0 Å². The number of rotatable bonds is 5. The summed E-state index contributed by atoms with van der Waals surface area (Å²) in [5.41, 5.74) is 14.3. The third-order valence-corrected chi connectivity index (χ3v) is 11.7. The van der Waals surface area contributed by atoms with Crippen molar-refractivity contribution in [3.05, 3.63) is 168 Å². The van der Waals surface area contributed by atoms with Crippen LogP contribution in [0.5, 0.6) is 0 Å². The summed E-state index contributed by atoms with van der Waals surface area (Å²) in [6.45, 7) is 9.20. The van der Waals surface area contributed by atoms with Gasteiger partial charge in [-0.25, -0.2) is 15.0 Å². The topological polar surface area (TPSA) is 43.6 Å². The highest BCUT2D eigenvalue weighted by Crippen LogP contribution is 2.51. The first kappa shape index (κ1) is 32.5. The van der Waals surface area contributed by atoms with Gasteiger partial charge < -0.3 is 4.57 Å². The number of hydrogen-bond donors (Lipinski definition) is 0. The second-order valence-electron chi connectivity index (χ2n) is 15.9. The third-order valence-electron chi connectivity index (χ3n) is 11.7. The minimum atomic E-state index is -0.209. The molecule has 2 unspecified atom stereocenters. The molecule has 5 aromatic carbocycles. The van der Waals surface area contributed by atoms with E-state index in [0.29, 0.717) is 11.8 Å². The molecule has 54 heavy (non-hydrogen) atoms. The van der Waals surface area contributed by atoms with Gasteiger partial charge in [0.05, 0.1) is 11.0 Å². The van der Waals surface area contributed by atoms with Gasteiger partial charge in [0.15, 0.2) is 17.5 Å². The summed E-state index contributed by atoms with van der Waals surface area (Å²) in [7, 11) is 0. The quantitative estimate of drug-likeness (QED) is 0.180. The highest BCUT2D eigenvalue weighted by molar-refractivity contribution is 6.10. The van der Waals surface area contributed by atoms with Crippen LogP contribution < -0.4 is 0 Å². The maximum atomic E-state index is 5.14. The molecule has 0 spiro atoms. The Kier molecular flexibility index (Phi) is 7.52. The number of fused-ring (bicyclic) bond motifs is 6. The van der Waals surface area contributed by atoms with Crippen LogP contribution in [0.3, 0.4) is 0 Å². The Hall–Kier alpha value is -6.13. The summed E-state index contributed by atoms with van der Waals surface area (Å²) in [4.78, 5) is 15.3. The van der Waals surface area contributed by atoms with Crippen molar-refractivity contribution in [3.8, 4) is 39.3 Å². The average Bonchev–Trinajstić information content (AvgIpc) is 3.65. The highest BCUT2D eigenvalue weighted by Gasteiger charge is 2.36. The van der Waals surface area contributed by atoms with E-state index < -0.39 is 0 Å². The molecule has 2 atom stereocenters. The third kappa shape index (κ3) is 5.31. The van der Waals surface area contributed by atoms with E-state index in [2.05, 4.69) is 178 Å². The largest absolute Gasteiger partial charge is 0.309 e. The molecular weight excluding hydrogens is 657 g/mol. The van der Waals surface area contributed by atoms with Crippen molar-refractivity contribution >= 4 is 33.0 Å². The van der Waals surface area contributed by atoms with Gasteiger partial charge in [0.2, 0.25) is 0 Å². The standard InChI is InChI=1S/C50H42N4/c1-31-12-10-14-35(26-31)47-51-48(36-15-11-13-32(2)27-36)53-49(52-47)37-21-24-40-39-23-20-34(29-43(39)50(3,4)44(40)30-37)33-22-25-46-42(28-33)41-18-8-9-19-45(41)54(46)38-16-6-5-7-17-38/h5-12,14-25,27-32H,13,26H2,1-4H3. The lowest BCUT2D eigenvalue weighted by Crippen LogP contribution is -2.15. The summed E-state index contributed by atoms with van der Waals surface area (Å²) in [5.74, 6) is 3.14. The van der Waals surface area contributed by atoms with Crippen LogP contribution in [-0.2, 0) is 5.41 Å². The summed E-state index contributed by atoms with van der Waals surface area (Å²) < 4.78 is 2.37. The lowest BCUT2D eigenvalue weighted by molar-refractivity contribution is 0.660. The molecule has 0 amide bonds. The second kappa shape index (κ2) is 12.5. The Morgan fingerprint density at radius 1 is 0.630 bits per heavy atom. The molecular formula is C50H42N4. The van der Waals surface area contributed by atoms with Crippen molar-refractivity contribution < 1.29 is 0 Å². The normalized spacial score (nSPS) is 18.4. The Morgan fingerprint density at radius 3 is 2.09 bits per heavy atom. The lowest BCUT2D eigenvalue weighted by atomic mass is 9.81. The van der Waals surface area contributed by atoms with E-state index in [0.717, 1.165) is 47.0 Å². The van der Waals surface area contributed by atoms with Gasteiger partial charge in [-0.15, -0.1) is 0 Å². The number of benzene rings is 5. The fourth-order valence-corrected chi connectivity index (χ4v) is 8.84. The number of hydrogen-bond acceptors (Lipinski definition) is 3. The van der Waals surface area contributed by atoms with Gasteiger partial charge in [0.1, 0.15) is 0 Å². The number of para-hydroxylation sites is 2. The van der Waals surface area contributed by atoms with E-state index in [1.165, 1.54) is 60.9 Å². The van der Waals surface area contributed by atoms with Gasteiger partial charge in [-0.05, 0) is 106 Å². The van der Waals surface area contributed by atoms with Crippen molar-refractivity contribution in [2.45, 2.75) is 46.0 Å². The van der Waals surface area contributed by atoms with Crippen LogP contribution in [0.4, 0.5) is 0 Å². The van der Waals surface area contributed by atoms with Crippen LogP contribution >= 0.6 is 0 Å². The zero-order valence-electron chi connectivity index (χ0n) is 31.2. The number of nitrogens with zero attached hydrogens (tertiary/aromatic N) is 4. The average molecular weight is 699 g/mol. The summed E-state index contributed by atoms with van der Waals surface area (Å²) in [6.07, 6.45) is 15.2. The van der Waals surface area contributed by atoms with Gasteiger partial charge in [-0.1, -0.05) is 131 Å². The van der Waals surface area contributed by atoms with Gasteiger partial charge in [0, 0.05) is 33.0 Å². The molecule has 0 fully saturated rings. The highest BCUT2D eigenvalue weighted by atomic mass is 15.0. The van der Waals surface area contributed by atoms with E-state index in [1.807, 2.05) is 0 Å². The maximum Gasteiger partial charge on any atom is 0.164 e. The number of aromatic nitrogens is 4. The Labute approximate surface area is 317 Å². The fraction of sp³-hybridized carbons (Fsp3) is 0.180. The fourth-order valence-electron chi connectivity index (χ4n) is 8.84. The van der Waals surface area contributed by atoms with Crippen molar-refractivity contribution in [3.63, 3.8) is 0 Å². The van der Waals surface area contributed by atoms with E-state index in [1.54, 1.807) is 0 Å². The predicted octanol–water partition coefficient (Wildman–Crippen LogP) is 12.6. The molecule has 7 aromatic rings. The molecule has 0 saturated carbocycles. The molecule has 3 aliphatic rings. The SMILES string of the molecule is CC1C=C(c2nc(C3=CC=CC(C)C3)nc(-c3ccc4c(c3)C(C)(C)c3cc(-c5ccc6c(c5)c5ccccc5n6-c5ccccc5)ccc3-4)n2)C=CC1. The van der Waals surface area contributed by atoms with Crippen molar-refractivity contribution in [2.24, 2.45) is 11.8 Å². The Morgan fingerprint density at radius 2 is 1.30 bits per heavy atom. The van der Waals surface area contributed by atoms with E-state index >= 15 is 0 Å². The second-order valence-corrected chi connectivity index (χ2v) is 15.9. The monoisotopic (exact) mass is 698 g/mol. The van der Waals surface area contributed by atoms with Crippen LogP contribution in [0.2, 0.25) is 0 Å². The molecule has 10 rings (SSSR count). The van der Waals surface area contributed by atoms with Crippen LogP contribution in [-0.4, -0.2) is 19.5 Å². The van der Waals surface area contributed by atoms with E-state index in [4.69, 9.17) is 15.0 Å². The Bertz CT molecular complexity index is 2770. The van der Waals surface area contributed by atoms with Crippen molar-refractivity contribution in [1.29, 1.82) is 0 Å². The lowest BCUT2D eigenvalue weighted by Gasteiger charge is -2.22. The van der Waals surface area contributed by atoms with Crippen LogP contribution in [0.1, 0.15) is 63.3 Å². The molecule has 0 saturated heterocycles. The molecule has 2 aromatic heterocycles. The Balaban J connectivity index is 1.05. The van der Waals surface area contributed by atoms with Crippen LogP contribution in [0, 0.1) is 11.8 Å². The van der Waals surface area contributed by atoms with Gasteiger partial charge in [-0.2, -0.15) is 0 Å². The summed E-state index contributed by atoms with van der Waals surface area (Å²) in [6, 6.07) is 40.2. The molecule has 0 radical (unpaired) electrons. The van der Waals surface area contributed by atoms with Gasteiger partial charge in [0.25, 0.3) is 0 Å². The summed E-state index contributed by atoms with van der Waals surface area (Å²) in [5, 5.41) is 2.53. The molecule has 4 heteroatoms. The molecule has 3 aliphatic carbocycles. The summed E-state index contributed by atoms with van der Waals surface area (Å²) >= 11 is 0. The molecule has 0 bridgehead atoms.